The van der Waals surface area contributed by atoms with E-state index in [-0.39, 0.29) is 37.1 Å². The molecule has 2 aromatic rings. The first-order valence-corrected chi connectivity index (χ1v) is 10.8. The van der Waals surface area contributed by atoms with Gasteiger partial charge < -0.3 is 29.3 Å². The molecule has 0 unspecified atom stereocenters. The Hall–Kier alpha value is -3.33. The zero-order chi connectivity index (χ0) is 23.8. The number of nitrogens with zero attached hydrogens (tertiary/aromatic N) is 2. The van der Waals surface area contributed by atoms with Crippen LogP contribution in [0.5, 0.6) is 17.2 Å². The highest BCUT2D eigenvalue weighted by Crippen LogP contribution is 2.38. The summed E-state index contributed by atoms with van der Waals surface area (Å²) >= 11 is 0. The molecule has 0 bridgehead atoms. The van der Waals surface area contributed by atoms with Crippen molar-refractivity contribution >= 4 is 11.8 Å². The fourth-order valence-corrected chi connectivity index (χ4v) is 3.75. The Bertz CT molecular complexity index is 936. The van der Waals surface area contributed by atoms with Gasteiger partial charge >= 0.3 is 0 Å². The van der Waals surface area contributed by atoms with Crippen molar-refractivity contribution < 1.29 is 28.2 Å². The van der Waals surface area contributed by atoms with Gasteiger partial charge in [-0.25, -0.2) is 4.39 Å². The number of benzene rings is 2. The highest BCUT2D eigenvalue weighted by molar-refractivity contribution is 5.96. The molecular weight excluding hydrogens is 429 g/mol. The lowest BCUT2D eigenvalue weighted by Gasteiger charge is -2.29. The standard InChI is InChI=1S/C24H30FN3O5/c1-31-20-14-18(15-21(32-2)23(20)33-3)24(30)28(16-17-4-6-19(25)7-5-17)11-8-22(29)27-12-9-26-10-13-27/h4-7,14-15,26H,8-13,16H2,1-3H3. The third-order valence-electron chi connectivity index (χ3n) is 5.55. The molecule has 2 amide bonds. The molecule has 1 aliphatic rings. The van der Waals surface area contributed by atoms with Crippen LogP contribution in [0.3, 0.4) is 0 Å². The largest absolute Gasteiger partial charge is 0.493 e. The predicted octanol–water partition coefficient (Wildman–Crippen LogP) is 2.32. The molecule has 1 fully saturated rings. The minimum atomic E-state index is -0.352. The summed E-state index contributed by atoms with van der Waals surface area (Å²) in [5.74, 6) is 0.452. The number of amides is 2. The number of ether oxygens (including phenoxy) is 3. The van der Waals surface area contributed by atoms with Crippen LogP contribution in [0.2, 0.25) is 0 Å². The minimum Gasteiger partial charge on any atom is -0.493 e. The molecule has 3 rings (SSSR count). The highest BCUT2D eigenvalue weighted by atomic mass is 19.1. The van der Waals surface area contributed by atoms with E-state index < -0.39 is 0 Å². The first kappa shape index (κ1) is 24.3. The first-order valence-electron chi connectivity index (χ1n) is 10.8. The fraction of sp³-hybridized carbons (Fsp3) is 0.417. The summed E-state index contributed by atoms with van der Waals surface area (Å²) in [6.45, 7) is 3.26. The Balaban J connectivity index is 1.84. The van der Waals surface area contributed by atoms with Gasteiger partial charge in [-0.2, -0.15) is 0 Å². The van der Waals surface area contributed by atoms with Crippen LogP contribution in [0.15, 0.2) is 36.4 Å². The minimum absolute atomic E-state index is 0.00158. The van der Waals surface area contributed by atoms with Crippen LogP contribution in [-0.4, -0.2) is 75.7 Å². The quantitative estimate of drug-likeness (QED) is 0.620. The van der Waals surface area contributed by atoms with E-state index in [0.29, 0.717) is 35.9 Å². The molecule has 0 radical (unpaired) electrons. The third-order valence-corrected chi connectivity index (χ3v) is 5.55. The van der Waals surface area contributed by atoms with Gasteiger partial charge in [0, 0.05) is 51.3 Å². The number of hydrogen-bond acceptors (Lipinski definition) is 6. The predicted molar refractivity (Wildman–Crippen MR) is 121 cm³/mol. The molecule has 0 aliphatic carbocycles. The lowest BCUT2D eigenvalue weighted by atomic mass is 10.1. The number of nitrogens with one attached hydrogen (secondary N) is 1. The molecule has 33 heavy (non-hydrogen) atoms. The molecule has 178 valence electrons. The van der Waals surface area contributed by atoms with Crippen LogP contribution in [0.4, 0.5) is 4.39 Å². The molecule has 1 N–H and O–H groups in total. The molecule has 1 heterocycles. The number of methoxy groups -OCH3 is 3. The maximum Gasteiger partial charge on any atom is 0.254 e. The number of rotatable bonds is 9. The fourth-order valence-electron chi connectivity index (χ4n) is 3.75. The molecule has 0 saturated carbocycles. The van der Waals surface area contributed by atoms with Gasteiger partial charge in [-0.1, -0.05) is 12.1 Å². The molecule has 0 atom stereocenters. The zero-order valence-corrected chi connectivity index (χ0v) is 19.2. The van der Waals surface area contributed by atoms with Crippen LogP contribution in [0.1, 0.15) is 22.3 Å². The van der Waals surface area contributed by atoms with Gasteiger partial charge in [-0.15, -0.1) is 0 Å². The third kappa shape index (κ3) is 6.13. The van der Waals surface area contributed by atoms with E-state index in [1.54, 1.807) is 34.1 Å². The molecule has 0 aromatic heterocycles. The Labute approximate surface area is 193 Å². The summed E-state index contributed by atoms with van der Waals surface area (Å²) in [7, 11) is 4.45. The van der Waals surface area contributed by atoms with Gasteiger partial charge in [-0.3, -0.25) is 9.59 Å². The SMILES string of the molecule is COc1cc(C(=O)N(CCC(=O)N2CCNCC2)Cc2ccc(F)cc2)cc(OC)c1OC. The molecule has 8 nitrogen and oxygen atoms in total. The second-order valence-corrected chi connectivity index (χ2v) is 7.65. The van der Waals surface area contributed by atoms with Gasteiger partial charge in [0.05, 0.1) is 21.3 Å². The molecule has 2 aromatic carbocycles. The Morgan fingerprint density at radius 3 is 2.15 bits per heavy atom. The zero-order valence-electron chi connectivity index (χ0n) is 19.2. The van der Waals surface area contributed by atoms with Crippen molar-refractivity contribution in [3.8, 4) is 17.2 Å². The summed E-state index contributed by atoms with van der Waals surface area (Å²) < 4.78 is 29.5. The molecule has 0 spiro atoms. The summed E-state index contributed by atoms with van der Waals surface area (Å²) in [5.41, 5.74) is 1.09. The highest BCUT2D eigenvalue weighted by Gasteiger charge is 2.23. The van der Waals surface area contributed by atoms with Crippen molar-refractivity contribution in [2.75, 3.05) is 54.1 Å². The first-order chi connectivity index (χ1) is 16.0. The monoisotopic (exact) mass is 459 g/mol. The van der Waals surface area contributed by atoms with E-state index in [0.717, 1.165) is 18.7 Å². The number of carbonyl (C=O) groups is 2. The van der Waals surface area contributed by atoms with Gasteiger partial charge in [-0.05, 0) is 29.8 Å². The number of piperazine rings is 1. The lowest BCUT2D eigenvalue weighted by Crippen LogP contribution is -2.47. The van der Waals surface area contributed by atoms with Gasteiger partial charge in [0.1, 0.15) is 5.82 Å². The van der Waals surface area contributed by atoms with E-state index in [9.17, 15) is 14.0 Å². The van der Waals surface area contributed by atoms with E-state index in [4.69, 9.17) is 14.2 Å². The van der Waals surface area contributed by atoms with Crippen LogP contribution in [0.25, 0.3) is 0 Å². The molecule has 9 heteroatoms. The average molecular weight is 460 g/mol. The maximum absolute atomic E-state index is 13.5. The van der Waals surface area contributed by atoms with E-state index >= 15 is 0 Å². The second-order valence-electron chi connectivity index (χ2n) is 7.65. The summed E-state index contributed by atoms with van der Waals surface area (Å²) in [6.07, 6.45) is 0.192. The second kappa shape index (κ2) is 11.5. The van der Waals surface area contributed by atoms with Crippen LogP contribution >= 0.6 is 0 Å². The van der Waals surface area contributed by atoms with Crippen molar-refractivity contribution in [1.82, 2.24) is 15.1 Å². The topological polar surface area (TPSA) is 80.3 Å². The molecular formula is C24H30FN3O5. The maximum atomic E-state index is 13.5. The molecule has 1 aliphatic heterocycles. The number of halogens is 1. The average Bonchev–Trinajstić information content (AvgIpc) is 2.86. The number of hydrogen-bond donors (Lipinski definition) is 1. The Morgan fingerprint density at radius 1 is 1.00 bits per heavy atom. The number of carbonyl (C=O) groups excluding carboxylic acids is 2. The van der Waals surface area contributed by atoms with Crippen LogP contribution in [-0.2, 0) is 11.3 Å². The van der Waals surface area contributed by atoms with Crippen molar-refractivity contribution in [3.05, 3.63) is 53.3 Å². The summed E-state index contributed by atoms with van der Waals surface area (Å²) in [4.78, 5) is 29.6. The van der Waals surface area contributed by atoms with E-state index in [1.807, 2.05) is 0 Å². The van der Waals surface area contributed by atoms with Crippen molar-refractivity contribution in [2.24, 2.45) is 0 Å². The Kier molecular flexibility index (Phi) is 8.48. The normalized spacial score (nSPS) is 13.4. The smallest absolute Gasteiger partial charge is 0.254 e. The van der Waals surface area contributed by atoms with E-state index in [2.05, 4.69) is 5.32 Å². The van der Waals surface area contributed by atoms with Crippen molar-refractivity contribution in [2.45, 2.75) is 13.0 Å². The van der Waals surface area contributed by atoms with Crippen LogP contribution in [0, 0.1) is 5.82 Å². The van der Waals surface area contributed by atoms with Crippen molar-refractivity contribution in [1.29, 1.82) is 0 Å². The van der Waals surface area contributed by atoms with Gasteiger partial charge in [0.15, 0.2) is 11.5 Å². The Morgan fingerprint density at radius 2 is 1.61 bits per heavy atom. The summed E-state index contributed by atoms with van der Waals surface area (Å²) in [5, 5.41) is 3.22. The lowest BCUT2D eigenvalue weighted by molar-refractivity contribution is -0.132. The molecule has 1 saturated heterocycles. The van der Waals surface area contributed by atoms with Crippen molar-refractivity contribution in [3.63, 3.8) is 0 Å². The van der Waals surface area contributed by atoms with E-state index in [1.165, 1.54) is 33.5 Å². The van der Waals surface area contributed by atoms with Crippen LogP contribution < -0.4 is 19.5 Å². The van der Waals surface area contributed by atoms with Gasteiger partial charge in [0.2, 0.25) is 11.7 Å². The summed E-state index contributed by atoms with van der Waals surface area (Å²) in [6, 6.07) is 9.12. The van der Waals surface area contributed by atoms with Gasteiger partial charge in [0.25, 0.3) is 5.91 Å².